The Bertz CT molecular complexity index is 901. The topological polar surface area (TPSA) is 84.4 Å². The lowest BCUT2D eigenvalue weighted by Crippen LogP contribution is -1.93. The first-order valence-corrected chi connectivity index (χ1v) is 7.45. The van der Waals surface area contributed by atoms with E-state index >= 15 is 0 Å². The Morgan fingerprint density at radius 3 is 2.71 bits per heavy atom. The second-order valence-electron chi connectivity index (χ2n) is 5.50. The number of aliphatic carboxylic acids is 1. The summed E-state index contributed by atoms with van der Waals surface area (Å²) >= 11 is 0. The van der Waals surface area contributed by atoms with E-state index in [1.807, 2.05) is 36.4 Å². The molecule has 0 fully saturated rings. The Kier molecular flexibility index (Phi) is 3.42. The summed E-state index contributed by atoms with van der Waals surface area (Å²) in [5.74, 6) is 1.34. The fourth-order valence-electron chi connectivity index (χ4n) is 2.64. The van der Waals surface area contributed by atoms with E-state index < -0.39 is 5.97 Å². The van der Waals surface area contributed by atoms with Gasteiger partial charge in [0.05, 0.1) is 11.0 Å². The van der Waals surface area contributed by atoms with Gasteiger partial charge < -0.3 is 19.6 Å². The van der Waals surface area contributed by atoms with Crippen LogP contribution in [0.3, 0.4) is 0 Å². The first-order chi connectivity index (χ1) is 11.7. The number of nitrogens with one attached hydrogen (secondary N) is 1. The van der Waals surface area contributed by atoms with E-state index in [2.05, 4.69) is 9.97 Å². The van der Waals surface area contributed by atoms with Gasteiger partial charge >= 0.3 is 5.97 Å². The number of fused-ring (bicyclic) bond motifs is 2. The molecule has 0 bridgehead atoms. The number of carboxylic acids is 1. The molecular weight excluding hydrogens is 308 g/mol. The van der Waals surface area contributed by atoms with Crippen LogP contribution in [0.1, 0.15) is 17.0 Å². The number of imidazole rings is 1. The molecule has 6 nitrogen and oxygen atoms in total. The average molecular weight is 322 g/mol. The number of hydrogen-bond donors (Lipinski definition) is 2. The Labute approximate surface area is 137 Å². The van der Waals surface area contributed by atoms with E-state index in [4.69, 9.17) is 14.6 Å². The normalized spacial score (nSPS) is 13.0. The van der Waals surface area contributed by atoms with E-state index in [9.17, 15) is 4.79 Å². The number of nitrogens with zero attached hydrogens (tertiary/aromatic N) is 1. The Hall–Kier alpha value is -3.28. The summed E-state index contributed by atoms with van der Waals surface area (Å²) in [4.78, 5) is 18.4. The van der Waals surface area contributed by atoms with Gasteiger partial charge in [0, 0.05) is 24.6 Å². The van der Waals surface area contributed by atoms with Gasteiger partial charge in [0.2, 0.25) is 6.79 Å². The van der Waals surface area contributed by atoms with Gasteiger partial charge in [-0.25, -0.2) is 9.78 Å². The number of ether oxygens (including phenoxy) is 2. The van der Waals surface area contributed by atoms with Gasteiger partial charge in [0.15, 0.2) is 11.5 Å². The van der Waals surface area contributed by atoms with Gasteiger partial charge in [-0.05, 0) is 17.2 Å². The number of benzene rings is 2. The van der Waals surface area contributed by atoms with Crippen LogP contribution in [0.2, 0.25) is 0 Å². The minimum Gasteiger partial charge on any atom is -0.478 e. The molecule has 1 aromatic heterocycles. The smallest absolute Gasteiger partial charge is 0.328 e. The molecule has 0 amide bonds. The highest BCUT2D eigenvalue weighted by molar-refractivity contribution is 5.85. The van der Waals surface area contributed by atoms with Crippen molar-refractivity contribution in [2.75, 3.05) is 6.79 Å². The molecule has 0 spiro atoms. The van der Waals surface area contributed by atoms with Gasteiger partial charge in [0.25, 0.3) is 0 Å². The van der Waals surface area contributed by atoms with Crippen molar-refractivity contribution in [1.29, 1.82) is 0 Å². The molecule has 2 N–H and O–H groups in total. The molecule has 0 saturated heterocycles. The molecule has 6 heteroatoms. The van der Waals surface area contributed by atoms with Crippen LogP contribution in [-0.4, -0.2) is 27.8 Å². The SMILES string of the molecule is O=C(O)C=Cc1ccc(Cc2nc3cc4c(cc3[nH]2)OCO4)cc1. The van der Waals surface area contributed by atoms with Gasteiger partial charge in [-0.3, -0.25) is 0 Å². The van der Waals surface area contributed by atoms with Gasteiger partial charge in [-0.2, -0.15) is 0 Å². The molecule has 120 valence electrons. The lowest BCUT2D eigenvalue weighted by Gasteiger charge is -1.99. The lowest BCUT2D eigenvalue weighted by atomic mass is 10.1. The van der Waals surface area contributed by atoms with Crippen molar-refractivity contribution in [3.8, 4) is 11.5 Å². The highest BCUT2D eigenvalue weighted by Crippen LogP contribution is 2.35. The molecule has 0 unspecified atom stereocenters. The predicted molar refractivity (Wildman–Crippen MR) is 88.1 cm³/mol. The summed E-state index contributed by atoms with van der Waals surface area (Å²) in [6, 6.07) is 11.5. The van der Waals surface area contributed by atoms with Crippen molar-refractivity contribution < 1.29 is 19.4 Å². The van der Waals surface area contributed by atoms with Crippen LogP contribution >= 0.6 is 0 Å². The zero-order valence-corrected chi connectivity index (χ0v) is 12.7. The highest BCUT2D eigenvalue weighted by Gasteiger charge is 2.16. The standard InChI is InChI=1S/C18H14N2O4/c21-18(22)6-5-11-1-3-12(4-2-11)7-17-19-13-8-15-16(24-10-23-15)9-14(13)20-17/h1-6,8-9H,7,10H2,(H,19,20)(H,21,22). The second-order valence-corrected chi connectivity index (χ2v) is 5.50. The van der Waals surface area contributed by atoms with Crippen LogP contribution < -0.4 is 9.47 Å². The molecule has 1 aliphatic heterocycles. The summed E-state index contributed by atoms with van der Waals surface area (Å²) in [5, 5.41) is 8.64. The Balaban J connectivity index is 1.54. The van der Waals surface area contributed by atoms with Crippen molar-refractivity contribution in [2.24, 2.45) is 0 Å². The Morgan fingerprint density at radius 1 is 1.21 bits per heavy atom. The zero-order valence-electron chi connectivity index (χ0n) is 12.7. The number of carboxylic acid groups (broad SMARTS) is 1. The maximum atomic E-state index is 10.5. The third-order valence-corrected chi connectivity index (χ3v) is 3.79. The maximum Gasteiger partial charge on any atom is 0.328 e. The third kappa shape index (κ3) is 2.81. The van der Waals surface area contributed by atoms with E-state index in [0.29, 0.717) is 6.42 Å². The van der Waals surface area contributed by atoms with Crippen LogP contribution in [0.5, 0.6) is 11.5 Å². The fraction of sp³-hybridized carbons (Fsp3) is 0.111. The number of H-pyrrole nitrogens is 1. The minimum absolute atomic E-state index is 0.247. The summed E-state index contributed by atoms with van der Waals surface area (Å²) in [6.07, 6.45) is 3.34. The maximum absolute atomic E-state index is 10.5. The average Bonchev–Trinajstić information content (AvgIpc) is 3.16. The van der Waals surface area contributed by atoms with Crippen molar-refractivity contribution >= 4 is 23.1 Å². The van der Waals surface area contributed by atoms with Crippen molar-refractivity contribution in [3.63, 3.8) is 0 Å². The molecule has 0 aliphatic carbocycles. The number of carbonyl (C=O) groups is 1. The molecule has 1 aliphatic rings. The molecule has 4 rings (SSSR count). The van der Waals surface area contributed by atoms with Gasteiger partial charge in [-0.1, -0.05) is 24.3 Å². The lowest BCUT2D eigenvalue weighted by molar-refractivity contribution is -0.131. The summed E-state index contributed by atoms with van der Waals surface area (Å²) in [7, 11) is 0. The molecule has 2 heterocycles. The molecular formula is C18H14N2O4. The van der Waals surface area contributed by atoms with E-state index in [1.54, 1.807) is 6.08 Å². The van der Waals surface area contributed by atoms with Crippen LogP contribution in [0.15, 0.2) is 42.5 Å². The van der Waals surface area contributed by atoms with Crippen LogP contribution in [-0.2, 0) is 11.2 Å². The molecule has 3 aromatic rings. The summed E-state index contributed by atoms with van der Waals surface area (Å²) in [5.41, 5.74) is 3.68. The van der Waals surface area contributed by atoms with Gasteiger partial charge in [0.1, 0.15) is 5.82 Å². The number of rotatable bonds is 4. The van der Waals surface area contributed by atoms with Crippen molar-refractivity contribution in [3.05, 3.63) is 59.4 Å². The Morgan fingerprint density at radius 2 is 1.96 bits per heavy atom. The van der Waals surface area contributed by atoms with Crippen molar-refractivity contribution in [2.45, 2.75) is 6.42 Å². The number of aromatic nitrogens is 2. The first kappa shape index (κ1) is 14.3. The molecule has 2 aromatic carbocycles. The molecule has 0 saturated carbocycles. The molecule has 24 heavy (non-hydrogen) atoms. The predicted octanol–water partition coefficient (Wildman–Crippen LogP) is 2.98. The largest absolute Gasteiger partial charge is 0.478 e. The van der Waals surface area contributed by atoms with Gasteiger partial charge in [-0.15, -0.1) is 0 Å². The van der Waals surface area contributed by atoms with Crippen LogP contribution in [0, 0.1) is 0 Å². The van der Waals surface area contributed by atoms with Crippen LogP contribution in [0.4, 0.5) is 0 Å². The van der Waals surface area contributed by atoms with E-state index in [1.165, 1.54) is 0 Å². The van der Waals surface area contributed by atoms with E-state index in [0.717, 1.165) is 45.6 Å². The highest BCUT2D eigenvalue weighted by atomic mass is 16.7. The monoisotopic (exact) mass is 322 g/mol. The zero-order chi connectivity index (χ0) is 16.5. The minimum atomic E-state index is -0.957. The summed E-state index contributed by atoms with van der Waals surface area (Å²) < 4.78 is 10.7. The van der Waals surface area contributed by atoms with Crippen LogP contribution in [0.25, 0.3) is 17.1 Å². The molecule has 0 atom stereocenters. The quantitative estimate of drug-likeness (QED) is 0.721. The molecule has 0 radical (unpaired) electrons. The third-order valence-electron chi connectivity index (χ3n) is 3.79. The number of hydrogen-bond acceptors (Lipinski definition) is 4. The second kappa shape index (κ2) is 5.73. The summed E-state index contributed by atoms with van der Waals surface area (Å²) in [6.45, 7) is 0.247. The first-order valence-electron chi connectivity index (χ1n) is 7.45. The van der Waals surface area contributed by atoms with E-state index in [-0.39, 0.29) is 6.79 Å². The fourth-order valence-corrected chi connectivity index (χ4v) is 2.64. The van der Waals surface area contributed by atoms with Crippen molar-refractivity contribution in [1.82, 2.24) is 9.97 Å². The number of aromatic amines is 1.